The highest BCUT2D eigenvalue weighted by Crippen LogP contribution is 2.30. The quantitative estimate of drug-likeness (QED) is 0.103. The summed E-state index contributed by atoms with van der Waals surface area (Å²) in [6.07, 6.45) is 2.96. The first-order valence-corrected chi connectivity index (χ1v) is 17.0. The number of fused-ring (bicyclic) bond motifs is 1. The van der Waals surface area contributed by atoms with Gasteiger partial charge in [0.25, 0.3) is 0 Å². The minimum Gasteiger partial charge on any atom is -0.465 e. The van der Waals surface area contributed by atoms with Gasteiger partial charge in [0.15, 0.2) is 0 Å². The van der Waals surface area contributed by atoms with Crippen molar-refractivity contribution in [2.75, 3.05) is 25.1 Å². The summed E-state index contributed by atoms with van der Waals surface area (Å²) in [7, 11) is 0. The van der Waals surface area contributed by atoms with Gasteiger partial charge in [0.1, 0.15) is 12.6 Å². The van der Waals surface area contributed by atoms with Crippen molar-refractivity contribution >= 4 is 34.6 Å². The number of nitrogens with one attached hydrogen (secondary N) is 4. The Morgan fingerprint density at radius 3 is 2.29 bits per heavy atom. The van der Waals surface area contributed by atoms with Gasteiger partial charge in [-0.2, -0.15) is 0 Å². The van der Waals surface area contributed by atoms with Crippen molar-refractivity contribution in [3.63, 3.8) is 0 Å². The van der Waals surface area contributed by atoms with Crippen LogP contribution in [-0.4, -0.2) is 66.1 Å². The molecule has 11 heteroatoms. The smallest absolute Gasteiger partial charge is 0.407 e. The maximum absolute atomic E-state index is 13.9. The molecule has 1 aliphatic rings. The molecule has 0 bridgehead atoms. The van der Waals surface area contributed by atoms with E-state index in [1.165, 1.54) is 0 Å². The minimum atomic E-state index is -1.29. The first-order chi connectivity index (χ1) is 24.9. The number of carboxylic acid groups (broad SMARTS) is 1. The van der Waals surface area contributed by atoms with Crippen LogP contribution in [0.4, 0.5) is 15.3 Å². The zero-order chi connectivity index (χ0) is 35.4. The second-order valence-electron chi connectivity index (χ2n) is 12.4. The fraction of sp³-hybridized carbons (Fsp3) is 0.250. The number of anilines is 1. The number of ether oxygens (including phenoxy) is 2. The van der Waals surface area contributed by atoms with E-state index in [4.69, 9.17) is 9.47 Å². The predicted molar refractivity (Wildman–Crippen MR) is 195 cm³/mol. The van der Waals surface area contributed by atoms with Gasteiger partial charge in [0.05, 0.1) is 18.8 Å². The summed E-state index contributed by atoms with van der Waals surface area (Å²) in [5.74, 6) is -1.01. The van der Waals surface area contributed by atoms with Gasteiger partial charge in [-0.05, 0) is 52.6 Å². The summed E-state index contributed by atoms with van der Waals surface area (Å²) in [6.45, 7) is 1.46. The average Bonchev–Trinajstić information content (AvgIpc) is 3.16. The number of carbonyl (C=O) groups is 3. The van der Waals surface area contributed by atoms with Crippen LogP contribution in [0.3, 0.4) is 0 Å². The molecule has 0 unspecified atom stereocenters. The third-order valence-corrected chi connectivity index (χ3v) is 9.00. The second kappa shape index (κ2) is 17.2. The van der Waals surface area contributed by atoms with Crippen molar-refractivity contribution in [1.29, 1.82) is 0 Å². The summed E-state index contributed by atoms with van der Waals surface area (Å²) in [6, 6.07) is 32.9. The number of amides is 3. The highest BCUT2D eigenvalue weighted by atomic mass is 16.6. The highest BCUT2D eigenvalue weighted by molar-refractivity contribution is 5.98. The van der Waals surface area contributed by atoms with Gasteiger partial charge >= 0.3 is 12.2 Å². The molecule has 1 aliphatic heterocycles. The molecule has 3 atom stereocenters. The van der Waals surface area contributed by atoms with Crippen molar-refractivity contribution in [3.8, 4) is 0 Å². The Labute approximate surface area is 296 Å². The molecular weight excluding hydrogens is 646 g/mol. The van der Waals surface area contributed by atoms with Crippen molar-refractivity contribution < 1.29 is 29.0 Å². The lowest BCUT2D eigenvalue weighted by Gasteiger charge is -2.30. The van der Waals surface area contributed by atoms with Gasteiger partial charge in [-0.1, -0.05) is 97.1 Å². The molecule has 1 fully saturated rings. The summed E-state index contributed by atoms with van der Waals surface area (Å²) in [5, 5.41) is 23.5. The van der Waals surface area contributed by atoms with E-state index in [1.807, 2.05) is 109 Å². The molecule has 2 heterocycles. The number of aromatic nitrogens is 1. The van der Waals surface area contributed by atoms with Crippen LogP contribution in [0.5, 0.6) is 0 Å². The Bertz CT molecular complexity index is 1870. The fourth-order valence-corrected chi connectivity index (χ4v) is 6.40. The molecular formula is C40H41N5O6. The highest BCUT2D eigenvalue weighted by Gasteiger charge is 2.33. The van der Waals surface area contributed by atoms with Crippen molar-refractivity contribution in [1.82, 2.24) is 20.9 Å². The maximum atomic E-state index is 13.9. The van der Waals surface area contributed by atoms with Crippen LogP contribution in [0, 0.1) is 0 Å². The van der Waals surface area contributed by atoms with Gasteiger partial charge in [-0.3, -0.25) is 9.78 Å². The molecule has 1 saturated heterocycles. The Morgan fingerprint density at radius 2 is 1.59 bits per heavy atom. The van der Waals surface area contributed by atoms with Crippen LogP contribution >= 0.6 is 0 Å². The molecule has 0 saturated carbocycles. The number of benzene rings is 4. The fourth-order valence-electron chi connectivity index (χ4n) is 6.40. The minimum absolute atomic E-state index is 0.0826. The van der Waals surface area contributed by atoms with Gasteiger partial charge in [-0.15, -0.1) is 0 Å². The number of pyridine rings is 1. The number of alkyl carbamates (subject to hydrolysis) is 1. The van der Waals surface area contributed by atoms with E-state index in [0.29, 0.717) is 38.2 Å². The Balaban J connectivity index is 1.00. The monoisotopic (exact) mass is 687 g/mol. The van der Waals surface area contributed by atoms with E-state index in [-0.39, 0.29) is 18.8 Å². The first kappa shape index (κ1) is 35.1. The Morgan fingerprint density at radius 1 is 0.882 bits per heavy atom. The van der Waals surface area contributed by atoms with Gasteiger partial charge in [-0.25, -0.2) is 9.59 Å². The number of carbonyl (C=O) groups excluding carboxylic acids is 2. The summed E-state index contributed by atoms with van der Waals surface area (Å²) in [5.41, 5.74) is 4.11. The molecule has 0 radical (unpaired) electrons. The van der Waals surface area contributed by atoms with E-state index in [1.54, 1.807) is 12.4 Å². The lowest BCUT2D eigenvalue weighted by atomic mass is 9.84. The number of rotatable bonds is 13. The van der Waals surface area contributed by atoms with Crippen LogP contribution < -0.4 is 21.3 Å². The van der Waals surface area contributed by atoms with Crippen LogP contribution in [0.25, 0.3) is 10.8 Å². The standard InChI is InChI=1S/C40H41N5O6/c46-38(37(45-39(47)48)36(29-11-3-1-4-12-29)30-13-5-2-6-14-30)44-35-17-8-7-10-28(35)18-19-33-23-42-32(25-50-33)26-51-40(49)43-22-31-16-9-15-27-20-21-41-24-34(27)31/h1-17,20-21,24,32-33,36-37,42,45H,18-19,22-23,25-26H2,(H,43,49)(H,44,46)(H,47,48)/t32-,33+,37-/m0/s1. The number of hydrogen-bond acceptors (Lipinski definition) is 7. The third-order valence-electron chi connectivity index (χ3n) is 9.00. The number of nitrogens with zero attached hydrogens (tertiary/aromatic N) is 1. The number of hydrogen-bond donors (Lipinski definition) is 5. The number of aryl methyl sites for hydroxylation is 1. The van der Waals surface area contributed by atoms with E-state index < -0.39 is 30.1 Å². The van der Waals surface area contributed by atoms with Gasteiger partial charge in [0, 0.05) is 42.5 Å². The summed E-state index contributed by atoms with van der Waals surface area (Å²) in [4.78, 5) is 42.5. The van der Waals surface area contributed by atoms with E-state index in [0.717, 1.165) is 33.0 Å². The van der Waals surface area contributed by atoms with Crippen molar-refractivity contribution in [2.45, 2.75) is 43.5 Å². The molecule has 262 valence electrons. The molecule has 3 amide bonds. The Hall–Kier alpha value is -5.78. The molecule has 1 aromatic heterocycles. The predicted octanol–water partition coefficient (Wildman–Crippen LogP) is 5.86. The summed E-state index contributed by atoms with van der Waals surface area (Å²) >= 11 is 0. The molecule has 0 spiro atoms. The normalized spacial score (nSPS) is 16.3. The first-order valence-electron chi connectivity index (χ1n) is 17.0. The van der Waals surface area contributed by atoms with Crippen molar-refractivity contribution in [2.24, 2.45) is 0 Å². The zero-order valence-corrected chi connectivity index (χ0v) is 28.0. The molecule has 0 aliphatic carbocycles. The van der Waals surface area contributed by atoms with E-state index >= 15 is 0 Å². The SMILES string of the molecule is O=C(O)N[C@H](C(=O)Nc1ccccc1CC[C@@H]1CN[C@H](COC(=O)NCc2cccc3ccncc23)CO1)C(c1ccccc1)c1ccccc1. The topological polar surface area (TPSA) is 151 Å². The van der Waals surface area contributed by atoms with Crippen LogP contribution in [0.1, 0.15) is 34.6 Å². The molecule has 5 aromatic rings. The second-order valence-corrected chi connectivity index (χ2v) is 12.4. The lowest BCUT2D eigenvalue weighted by molar-refractivity contribution is -0.118. The average molecular weight is 688 g/mol. The van der Waals surface area contributed by atoms with Crippen LogP contribution in [0.15, 0.2) is 122 Å². The molecule has 11 nitrogen and oxygen atoms in total. The van der Waals surface area contributed by atoms with Crippen LogP contribution in [-0.2, 0) is 27.2 Å². The molecule has 4 aromatic carbocycles. The van der Waals surface area contributed by atoms with Crippen LogP contribution in [0.2, 0.25) is 0 Å². The number of para-hydroxylation sites is 1. The molecule has 6 rings (SSSR count). The lowest BCUT2D eigenvalue weighted by Crippen LogP contribution is -2.49. The molecule has 51 heavy (non-hydrogen) atoms. The number of morpholine rings is 1. The largest absolute Gasteiger partial charge is 0.465 e. The van der Waals surface area contributed by atoms with E-state index in [2.05, 4.69) is 26.3 Å². The summed E-state index contributed by atoms with van der Waals surface area (Å²) < 4.78 is 11.6. The zero-order valence-electron chi connectivity index (χ0n) is 28.0. The Kier molecular flexibility index (Phi) is 11.9. The molecule has 5 N–H and O–H groups in total. The van der Waals surface area contributed by atoms with Gasteiger partial charge < -0.3 is 35.8 Å². The van der Waals surface area contributed by atoms with Gasteiger partial charge in [0.2, 0.25) is 5.91 Å². The van der Waals surface area contributed by atoms with Crippen molar-refractivity contribution in [3.05, 3.63) is 144 Å². The third kappa shape index (κ3) is 9.47. The van der Waals surface area contributed by atoms with E-state index in [9.17, 15) is 19.5 Å². The maximum Gasteiger partial charge on any atom is 0.407 e.